The number of rotatable bonds is 6. The van der Waals surface area contributed by atoms with E-state index in [4.69, 9.17) is 4.74 Å². The van der Waals surface area contributed by atoms with Gasteiger partial charge in [0.05, 0.1) is 19.1 Å². The fourth-order valence-electron chi connectivity index (χ4n) is 4.75. The number of methoxy groups -OCH3 is 1. The zero-order valence-corrected chi connectivity index (χ0v) is 17.4. The maximum absolute atomic E-state index is 13.9. The van der Waals surface area contributed by atoms with Gasteiger partial charge in [0.25, 0.3) is 0 Å². The minimum atomic E-state index is -1.47. The Hall–Kier alpha value is -4.17. The third kappa shape index (κ3) is 2.84. The number of carbonyl (C=O) groups is 2. The second-order valence-electron chi connectivity index (χ2n) is 8.02. The molecule has 5 rings (SSSR count). The van der Waals surface area contributed by atoms with Crippen LogP contribution < -0.4 is 4.74 Å². The van der Waals surface area contributed by atoms with E-state index in [0.717, 1.165) is 16.5 Å². The molecule has 3 aromatic carbocycles. The molecule has 1 aromatic heterocycles. The van der Waals surface area contributed by atoms with Gasteiger partial charge in [-0.3, -0.25) is 9.59 Å². The predicted molar refractivity (Wildman–Crippen MR) is 121 cm³/mol. The number of para-hydroxylation sites is 1. The van der Waals surface area contributed by atoms with Crippen LogP contribution in [0.2, 0.25) is 0 Å². The van der Waals surface area contributed by atoms with Crippen LogP contribution in [0, 0.1) is 22.7 Å². The predicted octanol–water partition coefficient (Wildman–Crippen LogP) is 5.17. The van der Waals surface area contributed by atoms with Gasteiger partial charge in [-0.2, -0.15) is 5.26 Å². The molecule has 1 aliphatic rings. The van der Waals surface area contributed by atoms with Crippen LogP contribution in [-0.4, -0.2) is 23.7 Å². The minimum absolute atomic E-state index is 0.193. The molecule has 0 unspecified atom stereocenters. The lowest BCUT2D eigenvalue weighted by Gasteiger charge is -2.08. The fourth-order valence-corrected chi connectivity index (χ4v) is 4.75. The van der Waals surface area contributed by atoms with Gasteiger partial charge in [-0.1, -0.05) is 60.7 Å². The lowest BCUT2D eigenvalue weighted by atomic mass is 9.89. The van der Waals surface area contributed by atoms with Crippen LogP contribution in [0.5, 0.6) is 5.75 Å². The number of fused-ring (bicyclic) bond motifs is 1. The summed E-state index contributed by atoms with van der Waals surface area (Å²) in [4.78, 5) is 30.5. The highest BCUT2D eigenvalue weighted by Gasteiger charge is 2.73. The Morgan fingerprint density at radius 2 is 1.66 bits per heavy atom. The highest BCUT2D eigenvalue weighted by molar-refractivity contribution is 6.18. The van der Waals surface area contributed by atoms with E-state index < -0.39 is 17.3 Å². The quantitative estimate of drug-likeness (QED) is 0.437. The Balaban J connectivity index is 1.63. The molecule has 3 atom stereocenters. The van der Waals surface area contributed by atoms with E-state index in [-0.39, 0.29) is 11.6 Å². The summed E-state index contributed by atoms with van der Waals surface area (Å²) in [6, 6.07) is 25.8. The van der Waals surface area contributed by atoms with Gasteiger partial charge in [0, 0.05) is 34.1 Å². The largest absolute Gasteiger partial charge is 0.497 e. The molecule has 1 fully saturated rings. The number of benzene rings is 3. The van der Waals surface area contributed by atoms with Crippen LogP contribution in [0.15, 0.2) is 85.1 Å². The van der Waals surface area contributed by atoms with E-state index in [0.29, 0.717) is 16.9 Å². The van der Waals surface area contributed by atoms with Gasteiger partial charge in [0.2, 0.25) is 0 Å². The Morgan fingerprint density at radius 1 is 0.969 bits per heavy atom. The molecule has 1 N–H and O–H groups in total. The molecule has 0 saturated heterocycles. The van der Waals surface area contributed by atoms with Crippen molar-refractivity contribution >= 4 is 22.5 Å². The molecule has 1 aliphatic carbocycles. The Labute approximate surface area is 185 Å². The lowest BCUT2D eigenvalue weighted by Crippen LogP contribution is -2.20. The average Bonchev–Trinajstić information content (AvgIpc) is 3.36. The third-order valence-corrected chi connectivity index (χ3v) is 6.42. The summed E-state index contributed by atoms with van der Waals surface area (Å²) < 4.78 is 5.24. The summed E-state index contributed by atoms with van der Waals surface area (Å²) in [5.74, 6) is -1.14. The summed E-state index contributed by atoms with van der Waals surface area (Å²) in [6.07, 6.45) is 1.64. The van der Waals surface area contributed by atoms with Gasteiger partial charge >= 0.3 is 0 Å². The SMILES string of the molecule is COc1ccc([C@@H]2[C@@H](C(=O)c3ccccc3)[C@@]2(C#N)C(=O)c2c[nH]c3ccccc23)cc1. The highest BCUT2D eigenvalue weighted by Crippen LogP contribution is 2.67. The Kier molecular flexibility index (Phi) is 4.64. The lowest BCUT2D eigenvalue weighted by molar-refractivity contribution is 0.0875. The van der Waals surface area contributed by atoms with Crippen molar-refractivity contribution < 1.29 is 14.3 Å². The van der Waals surface area contributed by atoms with E-state index in [9.17, 15) is 14.9 Å². The van der Waals surface area contributed by atoms with Crippen molar-refractivity contribution in [3.05, 3.63) is 102 Å². The van der Waals surface area contributed by atoms with E-state index in [1.807, 2.05) is 42.5 Å². The van der Waals surface area contributed by atoms with E-state index >= 15 is 0 Å². The number of hydrogen-bond acceptors (Lipinski definition) is 4. The molecule has 32 heavy (non-hydrogen) atoms. The zero-order chi connectivity index (χ0) is 22.3. The van der Waals surface area contributed by atoms with Crippen LogP contribution in [0.4, 0.5) is 0 Å². The van der Waals surface area contributed by atoms with Crippen molar-refractivity contribution in [1.82, 2.24) is 4.98 Å². The molecule has 5 heteroatoms. The van der Waals surface area contributed by atoms with Crippen LogP contribution in [0.1, 0.15) is 32.2 Å². The number of carbonyl (C=O) groups excluding carboxylic acids is 2. The molecule has 0 aliphatic heterocycles. The topological polar surface area (TPSA) is 82.9 Å². The number of nitriles is 1. The van der Waals surface area contributed by atoms with Crippen molar-refractivity contribution in [1.29, 1.82) is 5.26 Å². The molecule has 156 valence electrons. The van der Waals surface area contributed by atoms with Gasteiger partial charge in [0.1, 0.15) is 11.2 Å². The maximum Gasteiger partial charge on any atom is 0.186 e. The van der Waals surface area contributed by atoms with Crippen molar-refractivity contribution in [3.63, 3.8) is 0 Å². The first-order chi connectivity index (χ1) is 15.6. The zero-order valence-electron chi connectivity index (χ0n) is 17.4. The first kappa shape index (κ1) is 19.8. The molecule has 5 nitrogen and oxygen atoms in total. The highest BCUT2D eigenvalue weighted by atomic mass is 16.5. The molecule has 1 saturated carbocycles. The van der Waals surface area contributed by atoms with Crippen molar-refractivity contribution in [2.45, 2.75) is 5.92 Å². The number of aromatic amines is 1. The molecule has 4 aromatic rings. The van der Waals surface area contributed by atoms with E-state index in [1.54, 1.807) is 49.7 Å². The third-order valence-electron chi connectivity index (χ3n) is 6.42. The van der Waals surface area contributed by atoms with Gasteiger partial charge in [0.15, 0.2) is 11.6 Å². The molecule has 0 amide bonds. The number of nitrogens with zero attached hydrogens (tertiary/aromatic N) is 1. The maximum atomic E-state index is 13.9. The first-order valence-electron chi connectivity index (χ1n) is 10.4. The molecule has 0 spiro atoms. The van der Waals surface area contributed by atoms with E-state index in [1.165, 1.54) is 0 Å². The van der Waals surface area contributed by atoms with Gasteiger partial charge < -0.3 is 9.72 Å². The molecular formula is C27H20N2O3. The summed E-state index contributed by atoms with van der Waals surface area (Å²) in [5, 5.41) is 11.1. The number of hydrogen-bond donors (Lipinski definition) is 1. The molecule has 0 bridgehead atoms. The molecule has 1 heterocycles. The average molecular weight is 420 g/mol. The molecule has 0 radical (unpaired) electrons. The number of nitrogens with one attached hydrogen (secondary N) is 1. The van der Waals surface area contributed by atoms with Gasteiger partial charge in [-0.15, -0.1) is 0 Å². The fraction of sp³-hybridized carbons (Fsp3) is 0.148. The number of Topliss-reactive ketones (excluding diaryl/α,β-unsaturated/α-hetero) is 2. The number of ether oxygens (including phenoxy) is 1. The van der Waals surface area contributed by atoms with Crippen molar-refractivity contribution in [2.75, 3.05) is 7.11 Å². The second-order valence-corrected chi connectivity index (χ2v) is 8.02. The normalized spacial score (nSPS) is 21.6. The minimum Gasteiger partial charge on any atom is -0.497 e. The van der Waals surface area contributed by atoms with Crippen molar-refractivity contribution in [3.8, 4) is 11.8 Å². The summed E-state index contributed by atoms with van der Waals surface area (Å²) in [6.45, 7) is 0. The summed E-state index contributed by atoms with van der Waals surface area (Å²) in [7, 11) is 1.58. The van der Waals surface area contributed by atoms with E-state index in [2.05, 4.69) is 11.1 Å². The van der Waals surface area contributed by atoms with Crippen LogP contribution in [0.3, 0.4) is 0 Å². The van der Waals surface area contributed by atoms with Crippen LogP contribution in [0.25, 0.3) is 10.9 Å². The van der Waals surface area contributed by atoms with Gasteiger partial charge in [-0.05, 0) is 23.8 Å². The smallest absolute Gasteiger partial charge is 0.186 e. The monoisotopic (exact) mass is 420 g/mol. The van der Waals surface area contributed by atoms with Crippen molar-refractivity contribution in [2.24, 2.45) is 11.3 Å². The number of aromatic nitrogens is 1. The number of ketones is 2. The number of H-pyrrole nitrogens is 1. The second kappa shape index (κ2) is 7.51. The summed E-state index contributed by atoms with van der Waals surface area (Å²) >= 11 is 0. The molecular weight excluding hydrogens is 400 g/mol. The van der Waals surface area contributed by atoms with Crippen LogP contribution >= 0.6 is 0 Å². The Morgan fingerprint density at radius 3 is 2.34 bits per heavy atom. The standard InChI is InChI=1S/C27H20N2O3/c1-32-19-13-11-17(12-14-19)23-24(25(30)18-7-3-2-4-8-18)27(23,16-28)26(31)21-15-29-22-10-6-5-9-20(21)22/h2-15,23-24,29H,1H3/t23-,24+,27+/m1/s1. The first-order valence-corrected chi connectivity index (χ1v) is 10.4. The Bertz CT molecular complexity index is 1370. The van der Waals surface area contributed by atoms with Crippen LogP contribution in [-0.2, 0) is 0 Å². The van der Waals surface area contributed by atoms with Gasteiger partial charge in [-0.25, -0.2) is 0 Å². The summed E-state index contributed by atoms with van der Waals surface area (Å²) in [5.41, 5.74) is 1.06.